The quantitative estimate of drug-likeness (QED) is 0.845. The second kappa shape index (κ2) is 4.49. The van der Waals surface area contributed by atoms with Gasteiger partial charge in [-0.05, 0) is 24.1 Å². The summed E-state index contributed by atoms with van der Waals surface area (Å²) in [5, 5.41) is 2.64. The van der Waals surface area contributed by atoms with Crippen LogP contribution in [0.5, 0.6) is 0 Å². The van der Waals surface area contributed by atoms with Crippen molar-refractivity contribution in [2.24, 2.45) is 0 Å². The molecule has 2 rings (SSSR count). The molecule has 0 saturated heterocycles. The van der Waals surface area contributed by atoms with Crippen LogP contribution in [0, 0.1) is 6.92 Å². The third kappa shape index (κ3) is 1.99. The number of amides is 1. The summed E-state index contributed by atoms with van der Waals surface area (Å²) in [6.07, 6.45) is 0. The van der Waals surface area contributed by atoms with Gasteiger partial charge in [0.05, 0.1) is 4.88 Å². The monoisotopic (exact) mass is 231 g/mol. The van der Waals surface area contributed by atoms with E-state index >= 15 is 0 Å². The van der Waals surface area contributed by atoms with Crippen molar-refractivity contribution in [3.8, 4) is 11.1 Å². The molecule has 1 N–H and O–H groups in total. The lowest BCUT2D eigenvalue weighted by Crippen LogP contribution is -2.16. The Morgan fingerprint density at radius 1 is 1.25 bits per heavy atom. The van der Waals surface area contributed by atoms with Crippen LogP contribution in [-0.2, 0) is 0 Å². The van der Waals surface area contributed by atoms with Crippen molar-refractivity contribution >= 4 is 17.2 Å². The number of hydrogen-bond donors (Lipinski definition) is 1. The molecule has 16 heavy (non-hydrogen) atoms. The molecule has 0 unspecified atom stereocenters. The van der Waals surface area contributed by atoms with E-state index in [1.54, 1.807) is 7.05 Å². The van der Waals surface area contributed by atoms with E-state index in [-0.39, 0.29) is 5.91 Å². The Kier molecular flexibility index (Phi) is 3.06. The lowest BCUT2D eigenvalue weighted by Gasteiger charge is -1.98. The molecule has 0 atom stereocenters. The molecule has 0 bridgehead atoms. The van der Waals surface area contributed by atoms with E-state index in [9.17, 15) is 4.79 Å². The fourth-order valence-electron chi connectivity index (χ4n) is 1.62. The van der Waals surface area contributed by atoms with E-state index in [4.69, 9.17) is 0 Å². The van der Waals surface area contributed by atoms with Crippen LogP contribution >= 0.6 is 11.3 Å². The summed E-state index contributed by atoms with van der Waals surface area (Å²) in [4.78, 5) is 13.4. The standard InChI is InChI=1S/C13H13NOS/c1-9-11(10-6-4-3-5-7-10)8-12(16-9)13(15)14-2/h3-8H,1-2H3,(H,14,15). The van der Waals surface area contributed by atoms with E-state index in [0.717, 1.165) is 16.0 Å². The number of aryl methyl sites for hydroxylation is 1. The minimum atomic E-state index is -0.0183. The first kappa shape index (κ1) is 10.9. The summed E-state index contributed by atoms with van der Waals surface area (Å²) in [6, 6.07) is 12.1. The van der Waals surface area contributed by atoms with E-state index < -0.39 is 0 Å². The molecule has 1 amide bonds. The first-order chi connectivity index (χ1) is 7.72. The highest BCUT2D eigenvalue weighted by molar-refractivity contribution is 7.14. The maximum atomic E-state index is 11.5. The lowest BCUT2D eigenvalue weighted by molar-refractivity contribution is 0.0967. The van der Waals surface area contributed by atoms with Gasteiger partial charge in [0.15, 0.2) is 0 Å². The maximum absolute atomic E-state index is 11.5. The second-order valence-electron chi connectivity index (χ2n) is 3.53. The fourth-order valence-corrected chi connectivity index (χ4v) is 2.61. The Balaban J connectivity index is 2.44. The average molecular weight is 231 g/mol. The predicted molar refractivity (Wildman–Crippen MR) is 67.9 cm³/mol. The van der Waals surface area contributed by atoms with Crippen LogP contribution in [0.2, 0.25) is 0 Å². The van der Waals surface area contributed by atoms with Crippen molar-refractivity contribution in [3.05, 3.63) is 46.2 Å². The normalized spacial score (nSPS) is 10.1. The number of benzene rings is 1. The zero-order chi connectivity index (χ0) is 11.5. The summed E-state index contributed by atoms with van der Waals surface area (Å²) < 4.78 is 0. The van der Waals surface area contributed by atoms with E-state index in [0.29, 0.717) is 0 Å². The third-order valence-electron chi connectivity index (χ3n) is 2.45. The minimum absolute atomic E-state index is 0.0183. The fraction of sp³-hybridized carbons (Fsp3) is 0.154. The van der Waals surface area contributed by atoms with Crippen molar-refractivity contribution in [3.63, 3.8) is 0 Å². The van der Waals surface area contributed by atoms with Crippen LogP contribution in [0.25, 0.3) is 11.1 Å². The van der Waals surface area contributed by atoms with Crippen LogP contribution in [0.4, 0.5) is 0 Å². The van der Waals surface area contributed by atoms with Gasteiger partial charge in [-0.1, -0.05) is 30.3 Å². The molecule has 0 spiro atoms. The number of hydrogen-bond acceptors (Lipinski definition) is 2. The van der Waals surface area contributed by atoms with Crippen molar-refractivity contribution in [1.29, 1.82) is 0 Å². The molecule has 1 aromatic carbocycles. The summed E-state index contributed by atoms with van der Waals surface area (Å²) in [5.41, 5.74) is 2.30. The zero-order valence-electron chi connectivity index (χ0n) is 9.28. The van der Waals surface area contributed by atoms with Gasteiger partial charge in [-0.25, -0.2) is 0 Å². The van der Waals surface area contributed by atoms with Crippen molar-refractivity contribution < 1.29 is 4.79 Å². The second-order valence-corrected chi connectivity index (χ2v) is 4.78. The molecular formula is C13H13NOS. The maximum Gasteiger partial charge on any atom is 0.261 e. The highest BCUT2D eigenvalue weighted by atomic mass is 32.1. The van der Waals surface area contributed by atoms with Crippen LogP contribution in [0.15, 0.2) is 36.4 Å². The third-order valence-corrected chi connectivity index (χ3v) is 3.50. The van der Waals surface area contributed by atoms with Crippen LogP contribution < -0.4 is 5.32 Å². The first-order valence-corrected chi connectivity index (χ1v) is 5.92. The molecule has 1 aromatic heterocycles. The van der Waals surface area contributed by atoms with E-state index in [1.807, 2.05) is 31.2 Å². The summed E-state index contributed by atoms with van der Waals surface area (Å²) in [7, 11) is 1.65. The number of carbonyl (C=O) groups is 1. The molecule has 2 nitrogen and oxygen atoms in total. The lowest BCUT2D eigenvalue weighted by atomic mass is 10.1. The van der Waals surface area contributed by atoms with E-state index in [2.05, 4.69) is 17.4 Å². The molecule has 82 valence electrons. The van der Waals surface area contributed by atoms with Crippen molar-refractivity contribution in [2.45, 2.75) is 6.92 Å². The molecule has 3 heteroatoms. The van der Waals surface area contributed by atoms with Gasteiger partial charge < -0.3 is 5.32 Å². The summed E-state index contributed by atoms with van der Waals surface area (Å²) in [6.45, 7) is 2.04. The van der Waals surface area contributed by atoms with Gasteiger partial charge in [-0.15, -0.1) is 11.3 Å². The Labute approximate surface area is 98.9 Å². The molecular weight excluding hydrogens is 218 g/mol. The molecule has 0 aliphatic rings. The van der Waals surface area contributed by atoms with Crippen LogP contribution in [0.3, 0.4) is 0 Å². The summed E-state index contributed by atoms with van der Waals surface area (Å²) in [5.74, 6) is -0.0183. The average Bonchev–Trinajstić information content (AvgIpc) is 2.71. The molecule has 1 heterocycles. The van der Waals surface area contributed by atoms with Gasteiger partial charge in [0.25, 0.3) is 5.91 Å². The Morgan fingerprint density at radius 3 is 2.56 bits per heavy atom. The van der Waals surface area contributed by atoms with Crippen LogP contribution in [0.1, 0.15) is 14.5 Å². The molecule has 0 aliphatic carbocycles. The van der Waals surface area contributed by atoms with Gasteiger partial charge >= 0.3 is 0 Å². The van der Waals surface area contributed by atoms with Gasteiger partial charge in [0.2, 0.25) is 0 Å². The smallest absolute Gasteiger partial charge is 0.261 e. The number of carbonyl (C=O) groups excluding carboxylic acids is 1. The molecule has 0 fully saturated rings. The number of thiophene rings is 1. The largest absolute Gasteiger partial charge is 0.354 e. The topological polar surface area (TPSA) is 29.1 Å². The SMILES string of the molecule is CNC(=O)c1cc(-c2ccccc2)c(C)s1. The minimum Gasteiger partial charge on any atom is -0.354 e. The van der Waals surface area contributed by atoms with Gasteiger partial charge in [-0.2, -0.15) is 0 Å². The highest BCUT2D eigenvalue weighted by Crippen LogP contribution is 2.30. The van der Waals surface area contributed by atoms with Crippen molar-refractivity contribution in [1.82, 2.24) is 5.32 Å². The van der Waals surface area contributed by atoms with E-state index in [1.165, 1.54) is 16.2 Å². The Morgan fingerprint density at radius 2 is 1.94 bits per heavy atom. The highest BCUT2D eigenvalue weighted by Gasteiger charge is 2.11. The van der Waals surface area contributed by atoms with Gasteiger partial charge in [0.1, 0.15) is 0 Å². The Bertz CT molecular complexity index is 502. The molecule has 0 aliphatic heterocycles. The molecule has 0 radical (unpaired) electrons. The Hall–Kier alpha value is -1.61. The molecule has 0 saturated carbocycles. The zero-order valence-corrected chi connectivity index (χ0v) is 10.1. The van der Waals surface area contributed by atoms with Gasteiger partial charge in [0, 0.05) is 11.9 Å². The number of nitrogens with one attached hydrogen (secondary N) is 1. The van der Waals surface area contributed by atoms with Crippen molar-refractivity contribution in [2.75, 3.05) is 7.05 Å². The predicted octanol–water partition coefficient (Wildman–Crippen LogP) is 3.08. The van der Waals surface area contributed by atoms with Gasteiger partial charge in [-0.3, -0.25) is 4.79 Å². The first-order valence-electron chi connectivity index (χ1n) is 5.10. The number of rotatable bonds is 2. The summed E-state index contributed by atoms with van der Waals surface area (Å²) >= 11 is 1.53. The molecule has 2 aromatic rings. The van der Waals surface area contributed by atoms with Crippen LogP contribution in [-0.4, -0.2) is 13.0 Å².